The van der Waals surface area contributed by atoms with Gasteiger partial charge in [-0.05, 0) is 39.4 Å². The van der Waals surface area contributed by atoms with Crippen LogP contribution in [0.3, 0.4) is 0 Å². The molecule has 0 amide bonds. The molecule has 8 nitrogen and oxygen atoms in total. The molecule has 4 heterocycles. The molecule has 1 aliphatic rings. The smallest absolute Gasteiger partial charge is 0.227 e. The maximum Gasteiger partial charge on any atom is 0.227 e. The molecule has 3 aromatic heterocycles. The van der Waals surface area contributed by atoms with Gasteiger partial charge in [0.2, 0.25) is 5.95 Å². The third-order valence-electron chi connectivity index (χ3n) is 6.00. The standard InChI is InChI=1S/C22H25N8P/c1-22(2)8-6-14(11-25-22)27-21-28-17-7-9-26-30(17)20(29-21)16-12-24-18-15(16)5-4-13(10-23)19(18)31-3/h4-5,7,9,12,14,24-25,31H,6,8,11H2,1-3H3,(H,27,28)/t14-/m0/s1. The van der Waals surface area contributed by atoms with Crippen LogP contribution in [-0.4, -0.2) is 49.4 Å². The molecule has 0 spiro atoms. The lowest BCUT2D eigenvalue weighted by Crippen LogP contribution is -2.50. The first kappa shape index (κ1) is 19.9. The number of aromatic nitrogens is 5. The van der Waals surface area contributed by atoms with Gasteiger partial charge in [0.25, 0.3) is 0 Å². The predicted octanol–water partition coefficient (Wildman–Crippen LogP) is 3.02. The first-order valence-corrected chi connectivity index (χ1v) is 11.9. The van der Waals surface area contributed by atoms with E-state index in [1.54, 1.807) is 10.7 Å². The molecule has 158 valence electrons. The van der Waals surface area contributed by atoms with E-state index in [0.29, 0.717) is 20.1 Å². The summed E-state index contributed by atoms with van der Waals surface area (Å²) >= 11 is 0. The Balaban J connectivity index is 1.58. The monoisotopic (exact) mass is 432 g/mol. The summed E-state index contributed by atoms with van der Waals surface area (Å²) in [5.41, 5.74) is 3.56. The zero-order valence-corrected chi connectivity index (χ0v) is 18.8. The van der Waals surface area contributed by atoms with E-state index < -0.39 is 0 Å². The normalized spacial score (nSPS) is 18.7. The number of rotatable bonds is 4. The molecule has 2 atom stereocenters. The lowest BCUT2D eigenvalue weighted by molar-refractivity contribution is 0.289. The summed E-state index contributed by atoms with van der Waals surface area (Å²) in [5.74, 6) is 1.33. The Labute approximate surface area is 182 Å². The molecule has 3 N–H and O–H groups in total. The van der Waals surface area contributed by atoms with Crippen molar-refractivity contribution in [3.8, 4) is 17.5 Å². The van der Waals surface area contributed by atoms with Crippen molar-refractivity contribution < 1.29 is 0 Å². The molecule has 4 aromatic rings. The second-order valence-corrected chi connectivity index (χ2v) is 9.59. The number of fused-ring (bicyclic) bond motifs is 2. The van der Waals surface area contributed by atoms with Gasteiger partial charge < -0.3 is 15.6 Å². The third-order valence-corrected chi connectivity index (χ3v) is 7.02. The number of H-pyrrole nitrogens is 1. The number of nitriles is 1. The molecule has 0 saturated carbocycles. The Kier molecular flexibility index (Phi) is 4.88. The maximum atomic E-state index is 9.46. The fraction of sp³-hybridized carbons (Fsp3) is 0.364. The van der Waals surface area contributed by atoms with Gasteiger partial charge in [-0.15, -0.1) is 0 Å². The summed E-state index contributed by atoms with van der Waals surface area (Å²) in [6.45, 7) is 7.43. The van der Waals surface area contributed by atoms with Crippen LogP contribution in [0.5, 0.6) is 0 Å². The van der Waals surface area contributed by atoms with Gasteiger partial charge in [0, 0.05) is 46.6 Å². The van der Waals surface area contributed by atoms with Crippen molar-refractivity contribution >= 4 is 36.4 Å². The number of aromatic amines is 1. The number of nitrogens with zero attached hydrogens (tertiary/aromatic N) is 5. The van der Waals surface area contributed by atoms with Crippen LogP contribution in [0, 0.1) is 11.3 Å². The molecule has 1 aliphatic heterocycles. The summed E-state index contributed by atoms with van der Waals surface area (Å²) in [6.07, 6.45) is 5.85. The average molecular weight is 432 g/mol. The Morgan fingerprint density at radius 2 is 2.16 bits per heavy atom. The second-order valence-electron chi connectivity index (χ2n) is 8.59. The number of hydrogen-bond donors (Lipinski definition) is 3. The van der Waals surface area contributed by atoms with Crippen molar-refractivity contribution in [2.45, 2.75) is 38.3 Å². The van der Waals surface area contributed by atoms with Crippen LogP contribution in [0.1, 0.15) is 32.3 Å². The van der Waals surface area contributed by atoms with Crippen LogP contribution in [0.15, 0.2) is 30.6 Å². The summed E-state index contributed by atoms with van der Waals surface area (Å²) in [4.78, 5) is 12.9. The minimum atomic E-state index is 0.170. The van der Waals surface area contributed by atoms with Gasteiger partial charge in [-0.3, -0.25) is 0 Å². The van der Waals surface area contributed by atoms with Crippen LogP contribution in [0.2, 0.25) is 0 Å². The lowest BCUT2D eigenvalue weighted by atomic mass is 9.91. The molecule has 31 heavy (non-hydrogen) atoms. The van der Waals surface area contributed by atoms with E-state index in [0.717, 1.165) is 52.6 Å². The van der Waals surface area contributed by atoms with Gasteiger partial charge in [0.05, 0.1) is 23.3 Å². The first-order chi connectivity index (χ1) is 15.0. The van der Waals surface area contributed by atoms with E-state index in [-0.39, 0.29) is 11.6 Å². The Bertz CT molecular complexity index is 1300. The molecule has 9 heteroatoms. The number of hydrogen-bond acceptors (Lipinski definition) is 6. The fourth-order valence-corrected chi connectivity index (χ4v) is 5.10. The van der Waals surface area contributed by atoms with E-state index in [1.807, 2.05) is 24.4 Å². The van der Waals surface area contributed by atoms with E-state index in [2.05, 4.69) is 52.3 Å². The second kappa shape index (κ2) is 7.60. The average Bonchev–Trinajstić information content (AvgIpc) is 3.41. The highest BCUT2D eigenvalue weighted by Crippen LogP contribution is 2.30. The molecular weight excluding hydrogens is 407 g/mol. The van der Waals surface area contributed by atoms with Gasteiger partial charge in [-0.2, -0.15) is 24.8 Å². The van der Waals surface area contributed by atoms with Crippen LogP contribution < -0.4 is 15.9 Å². The quantitative estimate of drug-likeness (QED) is 0.428. The molecular formula is C22H25N8P. The van der Waals surface area contributed by atoms with Crippen molar-refractivity contribution in [2.24, 2.45) is 0 Å². The summed E-state index contributed by atoms with van der Waals surface area (Å²) in [5, 5.41) is 23.1. The topological polar surface area (TPSA) is 107 Å². The maximum absolute atomic E-state index is 9.46. The molecule has 0 bridgehead atoms. The molecule has 1 aromatic carbocycles. The predicted molar refractivity (Wildman–Crippen MR) is 125 cm³/mol. The Morgan fingerprint density at radius 3 is 2.90 bits per heavy atom. The molecule has 1 fully saturated rings. The zero-order chi connectivity index (χ0) is 21.6. The van der Waals surface area contributed by atoms with Crippen molar-refractivity contribution in [1.29, 1.82) is 5.26 Å². The minimum Gasteiger partial charge on any atom is -0.360 e. The first-order valence-electron chi connectivity index (χ1n) is 10.4. The van der Waals surface area contributed by atoms with Crippen molar-refractivity contribution in [3.63, 3.8) is 0 Å². The molecule has 1 saturated heterocycles. The molecule has 0 radical (unpaired) electrons. The van der Waals surface area contributed by atoms with Gasteiger partial charge >= 0.3 is 0 Å². The summed E-state index contributed by atoms with van der Waals surface area (Å²) < 4.78 is 1.77. The highest BCUT2D eigenvalue weighted by molar-refractivity contribution is 7.47. The SMILES string of the molecule is CPc1c(C#N)ccc2c(-c3nc(N[C@H]4CCC(C)(C)NC4)nc4ccnn34)c[nH]c12. The lowest BCUT2D eigenvalue weighted by Gasteiger charge is -2.36. The number of benzene rings is 1. The van der Waals surface area contributed by atoms with E-state index in [4.69, 9.17) is 4.98 Å². The van der Waals surface area contributed by atoms with E-state index in [1.165, 1.54) is 0 Å². The number of anilines is 1. The summed E-state index contributed by atoms with van der Waals surface area (Å²) in [7, 11) is 0.515. The Hall–Kier alpha value is -3.01. The van der Waals surface area contributed by atoms with E-state index >= 15 is 0 Å². The van der Waals surface area contributed by atoms with Gasteiger partial charge in [-0.25, -0.2) is 0 Å². The van der Waals surface area contributed by atoms with Crippen molar-refractivity contribution in [3.05, 3.63) is 36.2 Å². The number of piperidine rings is 1. The zero-order valence-electron chi connectivity index (χ0n) is 17.8. The molecule has 5 rings (SSSR count). The van der Waals surface area contributed by atoms with Crippen LogP contribution >= 0.6 is 8.58 Å². The van der Waals surface area contributed by atoms with Crippen LogP contribution in [0.4, 0.5) is 5.95 Å². The third kappa shape index (κ3) is 3.54. The summed E-state index contributed by atoms with van der Waals surface area (Å²) in [6, 6.07) is 8.35. The number of nitrogens with one attached hydrogen (secondary N) is 3. The molecule has 1 unspecified atom stereocenters. The van der Waals surface area contributed by atoms with Gasteiger partial charge in [-0.1, -0.05) is 14.6 Å². The van der Waals surface area contributed by atoms with Crippen LogP contribution in [-0.2, 0) is 0 Å². The van der Waals surface area contributed by atoms with Crippen molar-refractivity contribution in [2.75, 3.05) is 18.5 Å². The van der Waals surface area contributed by atoms with Crippen molar-refractivity contribution in [1.82, 2.24) is 29.9 Å². The fourth-order valence-electron chi connectivity index (χ4n) is 4.23. The molecule has 0 aliphatic carbocycles. The largest absolute Gasteiger partial charge is 0.360 e. The Morgan fingerprint density at radius 1 is 1.29 bits per heavy atom. The van der Waals surface area contributed by atoms with Crippen LogP contribution in [0.25, 0.3) is 27.9 Å². The van der Waals surface area contributed by atoms with Gasteiger partial charge in [0.15, 0.2) is 11.5 Å². The minimum absolute atomic E-state index is 0.170. The highest BCUT2D eigenvalue weighted by Gasteiger charge is 2.27. The van der Waals surface area contributed by atoms with Gasteiger partial charge in [0.1, 0.15) is 0 Å². The van der Waals surface area contributed by atoms with E-state index in [9.17, 15) is 5.26 Å². The highest BCUT2D eigenvalue weighted by atomic mass is 31.1.